The van der Waals surface area contributed by atoms with Gasteiger partial charge < -0.3 is 4.90 Å². The molecule has 1 aliphatic heterocycles. The summed E-state index contributed by atoms with van der Waals surface area (Å²) in [5.41, 5.74) is 4.84. The van der Waals surface area contributed by atoms with Gasteiger partial charge >= 0.3 is 0 Å². The number of hydrogen-bond donors (Lipinski definition) is 1. The number of fused-ring (bicyclic) bond motifs is 1. The van der Waals surface area contributed by atoms with E-state index in [1.54, 1.807) is 36.9 Å². The number of hydrogen-bond acceptors (Lipinski definition) is 6. The Morgan fingerprint density at radius 2 is 2.24 bits per heavy atom. The van der Waals surface area contributed by atoms with Crippen molar-refractivity contribution in [1.29, 1.82) is 0 Å². The predicted molar refractivity (Wildman–Crippen MR) is 95.1 cm³/mol. The van der Waals surface area contributed by atoms with Crippen LogP contribution in [0.15, 0.2) is 35.1 Å². The van der Waals surface area contributed by atoms with Crippen molar-refractivity contribution in [3.63, 3.8) is 0 Å². The van der Waals surface area contributed by atoms with Crippen LogP contribution in [-0.2, 0) is 22.6 Å². The predicted octanol–water partition coefficient (Wildman–Crippen LogP) is 1.74. The minimum atomic E-state index is -0.287. The molecule has 0 aromatic carbocycles. The first-order valence-corrected chi connectivity index (χ1v) is 8.94. The van der Waals surface area contributed by atoms with Gasteiger partial charge in [-0.25, -0.2) is 5.43 Å². The van der Waals surface area contributed by atoms with Crippen LogP contribution in [0.25, 0.3) is 0 Å². The largest absolute Gasteiger partial charge is 0.338 e. The van der Waals surface area contributed by atoms with Gasteiger partial charge in [0.1, 0.15) is 5.69 Å². The van der Waals surface area contributed by atoms with Gasteiger partial charge in [0.15, 0.2) is 0 Å². The average Bonchev–Trinajstić information content (AvgIpc) is 3.12. The summed E-state index contributed by atoms with van der Waals surface area (Å²) in [4.78, 5) is 35.4. The third kappa shape index (κ3) is 4.48. The lowest BCUT2D eigenvalue weighted by atomic mass is 10.1. The lowest BCUT2D eigenvalue weighted by molar-refractivity contribution is -0.134. The maximum atomic E-state index is 12.3. The molecule has 130 valence electrons. The Bertz CT molecular complexity index is 787. The van der Waals surface area contributed by atoms with Crippen molar-refractivity contribution in [3.8, 4) is 0 Å². The van der Waals surface area contributed by atoms with Crippen molar-refractivity contribution in [3.05, 3.63) is 46.2 Å². The minimum absolute atomic E-state index is 0.00151. The molecule has 0 aliphatic carbocycles. The van der Waals surface area contributed by atoms with Crippen molar-refractivity contribution in [1.82, 2.24) is 20.3 Å². The average molecular weight is 357 g/mol. The number of thiophene rings is 1. The molecule has 3 heterocycles. The molecule has 25 heavy (non-hydrogen) atoms. The second-order valence-electron chi connectivity index (χ2n) is 5.76. The number of amides is 2. The molecule has 0 bridgehead atoms. The zero-order valence-corrected chi connectivity index (χ0v) is 14.8. The first-order valence-electron chi connectivity index (χ1n) is 8.06. The Labute approximate surface area is 149 Å². The second kappa shape index (κ2) is 7.98. The van der Waals surface area contributed by atoms with E-state index in [2.05, 4.69) is 31.9 Å². The number of carbonyl (C=O) groups excluding carboxylic acids is 2. The number of aromatic nitrogens is 2. The Hall–Kier alpha value is -2.61. The zero-order valence-electron chi connectivity index (χ0n) is 13.9. The Morgan fingerprint density at radius 3 is 3.04 bits per heavy atom. The van der Waals surface area contributed by atoms with Crippen molar-refractivity contribution < 1.29 is 9.59 Å². The summed E-state index contributed by atoms with van der Waals surface area (Å²) in [6, 6.07) is 2.07. The molecule has 0 unspecified atom stereocenters. The monoisotopic (exact) mass is 357 g/mol. The lowest BCUT2D eigenvalue weighted by Gasteiger charge is -2.27. The van der Waals surface area contributed by atoms with Gasteiger partial charge in [-0.1, -0.05) is 0 Å². The van der Waals surface area contributed by atoms with Crippen LogP contribution in [0, 0.1) is 0 Å². The third-order valence-corrected chi connectivity index (χ3v) is 5.03. The molecular weight excluding hydrogens is 338 g/mol. The van der Waals surface area contributed by atoms with E-state index in [1.807, 2.05) is 4.90 Å². The van der Waals surface area contributed by atoms with Crippen LogP contribution < -0.4 is 5.43 Å². The van der Waals surface area contributed by atoms with Crippen molar-refractivity contribution >= 4 is 28.9 Å². The summed E-state index contributed by atoms with van der Waals surface area (Å²) in [7, 11) is 0. The van der Waals surface area contributed by atoms with Gasteiger partial charge in [-0.2, -0.15) is 5.10 Å². The molecule has 0 saturated carbocycles. The van der Waals surface area contributed by atoms with Crippen LogP contribution in [-0.4, -0.2) is 38.9 Å². The van der Waals surface area contributed by atoms with Crippen molar-refractivity contribution in [2.24, 2.45) is 5.10 Å². The fourth-order valence-corrected chi connectivity index (χ4v) is 3.47. The van der Waals surface area contributed by atoms with E-state index in [-0.39, 0.29) is 24.7 Å². The van der Waals surface area contributed by atoms with Crippen LogP contribution in [0.3, 0.4) is 0 Å². The third-order valence-electron chi connectivity index (χ3n) is 4.01. The van der Waals surface area contributed by atoms with E-state index in [9.17, 15) is 9.59 Å². The SMILES string of the molecule is CC(=NNC(=O)CCC(=O)N1CCc2sccc2C1)c1cnccn1. The van der Waals surface area contributed by atoms with Crippen molar-refractivity contribution in [2.45, 2.75) is 32.7 Å². The molecule has 2 amide bonds. The van der Waals surface area contributed by atoms with E-state index in [4.69, 9.17) is 0 Å². The van der Waals surface area contributed by atoms with Crippen LogP contribution in [0.5, 0.6) is 0 Å². The van der Waals surface area contributed by atoms with E-state index >= 15 is 0 Å². The number of rotatable bonds is 5. The van der Waals surface area contributed by atoms with E-state index < -0.39 is 0 Å². The fourth-order valence-electron chi connectivity index (χ4n) is 2.59. The molecule has 2 aromatic heterocycles. The smallest absolute Gasteiger partial charge is 0.240 e. The van der Waals surface area contributed by atoms with Gasteiger partial charge in [0.25, 0.3) is 0 Å². The van der Waals surface area contributed by atoms with Gasteiger partial charge in [0, 0.05) is 43.2 Å². The summed E-state index contributed by atoms with van der Waals surface area (Å²) < 4.78 is 0. The molecule has 8 heteroatoms. The Kier molecular flexibility index (Phi) is 5.49. The second-order valence-corrected chi connectivity index (χ2v) is 6.76. The Balaban J connectivity index is 1.45. The summed E-state index contributed by atoms with van der Waals surface area (Å²) >= 11 is 1.74. The minimum Gasteiger partial charge on any atom is -0.338 e. The molecule has 0 radical (unpaired) electrons. The highest BCUT2D eigenvalue weighted by Crippen LogP contribution is 2.24. The summed E-state index contributed by atoms with van der Waals surface area (Å²) in [5.74, 6) is -0.286. The topological polar surface area (TPSA) is 87.5 Å². The number of hydrazone groups is 1. The summed E-state index contributed by atoms with van der Waals surface area (Å²) in [6.07, 6.45) is 5.90. The number of nitrogens with zero attached hydrogens (tertiary/aromatic N) is 4. The quantitative estimate of drug-likeness (QED) is 0.652. The molecule has 1 aliphatic rings. The fraction of sp³-hybridized carbons (Fsp3) is 0.353. The molecule has 0 fully saturated rings. The van der Waals surface area contributed by atoms with E-state index in [0.29, 0.717) is 18.0 Å². The first kappa shape index (κ1) is 17.2. The molecule has 7 nitrogen and oxygen atoms in total. The van der Waals surface area contributed by atoms with Gasteiger partial charge in [-0.3, -0.25) is 19.6 Å². The molecule has 0 saturated heterocycles. The maximum Gasteiger partial charge on any atom is 0.240 e. The summed E-state index contributed by atoms with van der Waals surface area (Å²) in [5, 5.41) is 6.06. The maximum absolute atomic E-state index is 12.3. The Morgan fingerprint density at radius 1 is 1.36 bits per heavy atom. The molecule has 2 aromatic rings. The molecule has 3 rings (SSSR count). The summed E-state index contributed by atoms with van der Waals surface area (Å²) in [6.45, 7) is 3.10. The van der Waals surface area contributed by atoms with Gasteiger partial charge in [0.05, 0.1) is 11.9 Å². The highest BCUT2D eigenvalue weighted by molar-refractivity contribution is 7.10. The van der Waals surface area contributed by atoms with E-state index in [1.165, 1.54) is 10.4 Å². The first-order chi connectivity index (χ1) is 12.1. The lowest BCUT2D eigenvalue weighted by Crippen LogP contribution is -2.35. The molecular formula is C17H19N5O2S. The number of carbonyl (C=O) groups is 2. The van der Waals surface area contributed by atoms with Crippen LogP contribution in [0.4, 0.5) is 0 Å². The molecule has 0 spiro atoms. The molecule has 0 atom stereocenters. The number of nitrogens with one attached hydrogen (secondary N) is 1. The highest BCUT2D eigenvalue weighted by atomic mass is 32.1. The van der Waals surface area contributed by atoms with Gasteiger partial charge in [-0.05, 0) is 30.4 Å². The van der Waals surface area contributed by atoms with Gasteiger partial charge in [-0.15, -0.1) is 11.3 Å². The molecule has 1 N–H and O–H groups in total. The van der Waals surface area contributed by atoms with Crippen LogP contribution in [0.1, 0.15) is 35.9 Å². The van der Waals surface area contributed by atoms with E-state index in [0.717, 1.165) is 13.0 Å². The van der Waals surface area contributed by atoms with Crippen molar-refractivity contribution in [2.75, 3.05) is 6.54 Å². The van der Waals surface area contributed by atoms with Crippen LogP contribution in [0.2, 0.25) is 0 Å². The van der Waals surface area contributed by atoms with Crippen LogP contribution >= 0.6 is 11.3 Å². The zero-order chi connectivity index (χ0) is 17.6. The highest BCUT2D eigenvalue weighted by Gasteiger charge is 2.21. The van der Waals surface area contributed by atoms with Gasteiger partial charge in [0.2, 0.25) is 11.8 Å². The standard InChI is InChI=1S/C17H19N5O2S/c1-12(14-10-18-6-7-19-14)20-21-16(23)2-3-17(24)22-8-4-15-13(11-22)5-9-25-15/h5-7,9-10H,2-4,8,11H2,1H3,(H,21,23). The normalized spacial score (nSPS) is 14.1.